The van der Waals surface area contributed by atoms with E-state index in [-0.39, 0.29) is 6.61 Å². The van der Waals surface area contributed by atoms with Crippen molar-refractivity contribution in [2.45, 2.75) is 6.61 Å². The third-order valence-electron chi connectivity index (χ3n) is 4.75. The van der Waals surface area contributed by atoms with Gasteiger partial charge in [-0.25, -0.2) is 9.97 Å². The van der Waals surface area contributed by atoms with Gasteiger partial charge in [0.05, 0.1) is 22.2 Å². The van der Waals surface area contributed by atoms with Crippen molar-refractivity contribution in [1.29, 1.82) is 5.26 Å². The number of alkyl halides is 1. The number of nitrogens with one attached hydrogen (secondary N) is 2. The number of fused-ring (bicyclic) bond motifs is 1. The van der Waals surface area contributed by atoms with Crippen molar-refractivity contribution in [3.8, 4) is 28.7 Å². The molecule has 10 heteroatoms. The molecule has 4 aromatic rings. The lowest BCUT2D eigenvalue weighted by Crippen LogP contribution is -2.01. The van der Waals surface area contributed by atoms with Gasteiger partial charge < -0.3 is 14.5 Å². The molecule has 2 heterocycles. The van der Waals surface area contributed by atoms with Crippen LogP contribution in [0.3, 0.4) is 0 Å². The van der Waals surface area contributed by atoms with E-state index in [0.29, 0.717) is 40.5 Å². The SMILES string of the molecule is CSNc1nccc(COc2ccc3c(-c4cc(Cl)c(OCCCl)c(C#N)c4)c[nH]c3c2)n1. The van der Waals surface area contributed by atoms with E-state index in [1.807, 2.05) is 36.7 Å². The molecule has 0 radical (unpaired) electrons. The van der Waals surface area contributed by atoms with Crippen molar-refractivity contribution in [3.63, 3.8) is 0 Å². The van der Waals surface area contributed by atoms with E-state index in [9.17, 15) is 5.26 Å². The van der Waals surface area contributed by atoms with Crippen molar-refractivity contribution in [2.75, 3.05) is 23.5 Å². The van der Waals surface area contributed by atoms with Crippen LogP contribution >= 0.6 is 35.1 Å². The lowest BCUT2D eigenvalue weighted by molar-refractivity contribution is 0.301. The zero-order valence-corrected chi connectivity index (χ0v) is 19.9. The van der Waals surface area contributed by atoms with Crippen LogP contribution in [0.25, 0.3) is 22.0 Å². The van der Waals surface area contributed by atoms with Gasteiger partial charge in [-0.15, -0.1) is 11.6 Å². The first kappa shape index (κ1) is 23.1. The normalized spacial score (nSPS) is 10.7. The summed E-state index contributed by atoms with van der Waals surface area (Å²) in [7, 11) is 0. The smallest absolute Gasteiger partial charge is 0.233 e. The molecule has 0 aliphatic carbocycles. The van der Waals surface area contributed by atoms with E-state index >= 15 is 0 Å². The number of halogens is 2. The number of ether oxygens (including phenoxy) is 2. The van der Waals surface area contributed by atoms with Gasteiger partial charge in [-0.1, -0.05) is 23.5 Å². The fourth-order valence-electron chi connectivity index (χ4n) is 3.33. The number of nitrogens with zero attached hydrogens (tertiary/aromatic N) is 3. The van der Waals surface area contributed by atoms with Crippen molar-refractivity contribution in [2.24, 2.45) is 0 Å². The molecule has 0 unspecified atom stereocenters. The molecule has 0 fully saturated rings. The van der Waals surface area contributed by atoms with Gasteiger partial charge in [0.15, 0.2) is 5.75 Å². The van der Waals surface area contributed by atoms with Gasteiger partial charge in [-0.3, -0.25) is 4.72 Å². The summed E-state index contributed by atoms with van der Waals surface area (Å²) in [6.07, 6.45) is 5.48. The van der Waals surface area contributed by atoms with Gasteiger partial charge in [0.2, 0.25) is 5.95 Å². The van der Waals surface area contributed by atoms with Crippen LogP contribution in [0, 0.1) is 11.3 Å². The molecule has 0 atom stereocenters. The summed E-state index contributed by atoms with van der Waals surface area (Å²) < 4.78 is 14.5. The first-order valence-electron chi connectivity index (χ1n) is 9.90. The largest absolute Gasteiger partial charge is 0.489 e. The topological polar surface area (TPSA) is 95.9 Å². The highest BCUT2D eigenvalue weighted by molar-refractivity contribution is 7.99. The minimum absolute atomic E-state index is 0.273. The summed E-state index contributed by atoms with van der Waals surface area (Å²) in [5.41, 5.74) is 3.75. The minimum Gasteiger partial charge on any atom is -0.489 e. The highest BCUT2D eigenvalue weighted by atomic mass is 35.5. The fourth-order valence-corrected chi connectivity index (χ4v) is 3.96. The summed E-state index contributed by atoms with van der Waals surface area (Å²) in [6.45, 7) is 0.588. The summed E-state index contributed by atoms with van der Waals surface area (Å²) >= 11 is 13.5. The molecule has 2 N–H and O–H groups in total. The first-order valence-corrected chi connectivity index (χ1v) is 12.0. The zero-order valence-electron chi connectivity index (χ0n) is 17.6. The van der Waals surface area contributed by atoms with Gasteiger partial charge in [0.25, 0.3) is 0 Å². The lowest BCUT2D eigenvalue weighted by atomic mass is 10.0. The molecule has 0 spiro atoms. The van der Waals surface area contributed by atoms with Crippen LogP contribution in [-0.4, -0.2) is 33.7 Å². The number of hydrogen-bond donors (Lipinski definition) is 2. The third-order valence-corrected chi connectivity index (χ3v) is 5.57. The molecule has 0 saturated heterocycles. The Kier molecular flexibility index (Phi) is 7.45. The van der Waals surface area contributed by atoms with Crippen LogP contribution in [-0.2, 0) is 6.61 Å². The second-order valence-electron chi connectivity index (χ2n) is 6.86. The summed E-state index contributed by atoms with van der Waals surface area (Å²) in [4.78, 5) is 11.8. The lowest BCUT2D eigenvalue weighted by Gasteiger charge is -2.11. The minimum atomic E-state index is 0.273. The van der Waals surface area contributed by atoms with Crippen LogP contribution in [0.1, 0.15) is 11.3 Å². The molecular formula is C23H19Cl2N5O2S. The molecule has 4 rings (SSSR count). The van der Waals surface area contributed by atoms with Crippen LogP contribution in [0.5, 0.6) is 11.5 Å². The van der Waals surface area contributed by atoms with Gasteiger partial charge in [-0.2, -0.15) is 5.26 Å². The number of nitriles is 1. The van der Waals surface area contributed by atoms with E-state index in [4.69, 9.17) is 32.7 Å². The summed E-state index contributed by atoms with van der Waals surface area (Å²) in [5, 5.41) is 10.9. The Bertz CT molecular complexity index is 1320. The summed E-state index contributed by atoms with van der Waals surface area (Å²) in [5.74, 6) is 1.90. The number of hydrogen-bond acceptors (Lipinski definition) is 7. The van der Waals surface area contributed by atoms with Crippen LogP contribution in [0.2, 0.25) is 5.02 Å². The molecular weight excluding hydrogens is 481 g/mol. The molecule has 33 heavy (non-hydrogen) atoms. The van der Waals surface area contributed by atoms with Crippen molar-refractivity contribution >= 4 is 52.0 Å². The first-order chi connectivity index (χ1) is 16.1. The molecule has 0 aliphatic heterocycles. The highest BCUT2D eigenvalue weighted by Crippen LogP contribution is 2.37. The monoisotopic (exact) mass is 499 g/mol. The average Bonchev–Trinajstić information content (AvgIpc) is 3.25. The van der Waals surface area contributed by atoms with E-state index in [1.165, 1.54) is 11.9 Å². The zero-order chi connectivity index (χ0) is 23.2. The van der Waals surface area contributed by atoms with Gasteiger partial charge in [0.1, 0.15) is 25.0 Å². The molecule has 0 aliphatic rings. The number of benzene rings is 2. The standard InChI is InChI=1S/C23H19Cl2N5O2S/c1-33-30-23-27-6-4-16(29-23)13-32-17-2-3-18-19(12-28-21(18)10-17)14-8-15(11-26)22(20(25)9-14)31-7-5-24/h2-4,6,8-10,12,28H,5,7,13H2,1H3,(H,27,29,30). The predicted molar refractivity (Wildman–Crippen MR) is 133 cm³/mol. The molecule has 0 saturated carbocycles. The number of anilines is 1. The van der Waals surface area contributed by atoms with Crippen molar-refractivity contribution < 1.29 is 9.47 Å². The molecule has 2 aromatic carbocycles. The average molecular weight is 500 g/mol. The van der Waals surface area contributed by atoms with E-state index in [2.05, 4.69) is 25.7 Å². The molecule has 0 amide bonds. The van der Waals surface area contributed by atoms with E-state index in [1.54, 1.807) is 18.3 Å². The number of aromatic nitrogens is 3. The molecule has 7 nitrogen and oxygen atoms in total. The van der Waals surface area contributed by atoms with Crippen molar-refractivity contribution in [3.05, 3.63) is 65.1 Å². The Labute approximate surface area is 205 Å². The second-order valence-corrected chi connectivity index (χ2v) is 8.26. The summed E-state index contributed by atoms with van der Waals surface area (Å²) in [6, 6.07) is 13.3. The maximum atomic E-state index is 9.55. The fraction of sp³-hybridized carbons (Fsp3) is 0.174. The van der Waals surface area contributed by atoms with Crippen LogP contribution in [0.4, 0.5) is 5.95 Å². The van der Waals surface area contributed by atoms with Crippen molar-refractivity contribution in [1.82, 2.24) is 15.0 Å². The van der Waals surface area contributed by atoms with Gasteiger partial charge >= 0.3 is 0 Å². The quantitative estimate of drug-likeness (QED) is 0.214. The molecule has 2 aromatic heterocycles. The maximum Gasteiger partial charge on any atom is 0.233 e. The Hall–Kier alpha value is -3.12. The Balaban J connectivity index is 1.57. The highest BCUT2D eigenvalue weighted by Gasteiger charge is 2.15. The second kappa shape index (κ2) is 10.7. The number of aromatic amines is 1. The van der Waals surface area contributed by atoms with Crippen LogP contribution < -0.4 is 14.2 Å². The Morgan fingerprint density at radius 2 is 2.09 bits per heavy atom. The Morgan fingerprint density at radius 1 is 1.21 bits per heavy atom. The number of rotatable bonds is 9. The predicted octanol–water partition coefficient (Wildman–Crippen LogP) is 6.04. The van der Waals surface area contributed by atoms with E-state index in [0.717, 1.165) is 27.7 Å². The molecule has 168 valence electrons. The Morgan fingerprint density at radius 3 is 2.88 bits per heavy atom. The van der Waals surface area contributed by atoms with Gasteiger partial charge in [-0.05, 0) is 35.9 Å². The van der Waals surface area contributed by atoms with E-state index < -0.39 is 0 Å². The van der Waals surface area contributed by atoms with Gasteiger partial charge in [0, 0.05) is 41.2 Å². The maximum absolute atomic E-state index is 9.55. The third kappa shape index (κ3) is 5.28. The van der Waals surface area contributed by atoms with Crippen LogP contribution in [0.15, 0.2) is 48.8 Å². The molecule has 0 bridgehead atoms. The number of H-pyrrole nitrogens is 1.